The standard InChI is InChI=1S/C27H29F5O4S/c1-24-14-21(15-3-7-18(8-4-15)37(2,35)36)23-19-10-6-17(33)13-16(19)5-9-20(23)22(24)11-12-25(24,34)26(28,29)27(30,31)32/h3-4,7-8,13,20-22,34H,5-6,9-12,14H2,1-2H3/t20-,21+,22-,24-,25+/m0/s1. The van der Waals surface area contributed by atoms with E-state index in [1.54, 1.807) is 18.2 Å². The second-order valence-electron chi connectivity index (χ2n) is 11.3. The van der Waals surface area contributed by atoms with Crippen LogP contribution < -0.4 is 0 Å². The highest BCUT2D eigenvalue weighted by Gasteiger charge is 2.79. The Morgan fingerprint density at radius 3 is 2.24 bits per heavy atom. The summed E-state index contributed by atoms with van der Waals surface area (Å²) in [7, 11) is -3.50. The zero-order chi connectivity index (χ0) is 27.2. The summed E-state index contributed by atoms with van der Waals surface area (Å²) in [5, 5.41) is 11.3. The van der Waals surface area contributed by atoms with E-state index in [1.807, 2.05) is 0 Å². The highest BCUT2D eigenvalue weighted by atomic mass is 32.2. The molecule has 202 valence electrons. The Morgan fingerprint density at radius 1 is 1.00 bits per heavy atom. The second-order valence-corrected chi connectivity index (χ2v) is 13.3. The van der Waals surface area contributed by atoms with Crippen LogP contribution in [0.25, 0.3) is 0 Å². The van der Waals surface area contributed by atoms with Gasteiger partial charge in [0.25, 0.3) is 0 Å². The van der Waals surface area contributed by atoms with Crippen molar-refractivity contribution < 1.29 is 40.3 Å². The Morgan fingerprint density at radius 2 is 1.65 bits per heavy atom. The molecule has 0 spiro atoms. The number of rotatable bonds is 3. The summed E-state index contributed by atoms with van der Waals surface area (Å²) in [6.07, 6.45) is -2.22. The largest absolute Gasteiger partial charge is 0.456 e. The maximum atomic E-state index is 15.0. The number of alkyl halides is 5. The number of hydrogen-bond acceptors (Lipinski definition) is 4. The Hall–Kier alpha value is -2.07. The molecule has 1 aromatic carbocycles. The fourth-order valence-corrected chi connectivity index (χ4v) is 8.29. The highest BCUT2D eigenvalue weighted by Crippen LogP contribution is 2.70. The molecular formula is C27H29F5O4S. The number of benzene rings is 1. The summed E-state index contributed by atoms with van der Waals surface area (Å²) in [5.41, 5.74) is -1.62. The fourth-order valence-electron chi connectivity index (χ4n) is 7.66. The van der Waals surface area contributed by atoms with Crippen molar-refractivity contribution in [1.29, 1.82) is 0 Å². The summed E-state index contributed by atoms with van der Waals surface area (Å²) in [4.78, 5) is 12.2. The van der Waals surface area contributed by atoms with Gasteiger partial charge < -0.3 is 5.11 Å². The molecule has 0 aromatic heterocycles. The molecule has 5 atom stereocenters. The summed E-state index contributed by atoms with van der Waals surface area (Å²) in [5.74, 6) is -6.79. The number of sulfone groups is 1. The lowest BCUT2D eigenvalue weighted by molar-refractivity contribution is -0.362. The number of aliphatic hydroxyl groups is 1. The average molecular weight is 545 g/mol. The van der Waals surface area contributed by atoms with Crippen LogP contribution in [0.1, 0.15) is 63.4 Å². The second kappa shape index (κ2) is 8.21. The Labute approximate surface area is 212 Å². The molecule has 1 aromatic rings. The molecular weight excluding hydrogens is 515 g/mol. The highest BCUT2D eigenvalue weighted by molar-refractivity contribution is 7.90. The molecule has 0 amide bonds. The zero-order valence-corrected chi connectivity index (χ0v) is 21.4. The van der Waals surface area contributed by atoms with Crippen molar-refractivity contribution in [2.45, 2.75) is 80.4 Å². The minimum absolute atomic E-state index is 0.00700. The van der Waals surface area contributed by atoms with Gasteiger partial charge in [-0.3, -0.25) is 4.79 Å². The third-order valence-corrected chi connectivity index (χ3v) is 10.6. The van der Waals surface area contributed by atoms with E-state index < -0.39 is 51.2 Å². The maximum absolute atomic E-state index is 15.0. The monoisotopic (exact) mass is 544 g/mol. The maximum Gasteiger partial charge on any atom is 0.456 e. The van der Waals surface area contributed by atoms with Crippen molar-refractivity contribution >= 4 is 15.6 Å². The van der Waals surface area contributed by atoms with E-state index in [9.17, 15) is 40.3 Å². The Balaban J connectivity index is 1.69. The number of carbonyl (C=O) groups excluding carboxylic acids is 1. The van der Waals surface area contributed by atoms with E-state index in [-0.39, 0.29) is 29.4 Å². The van der Waals surface area contributed by atoms with Crippen molar-refractivity contribution in [2.75, 3.05) is 6.26 Å². The van der Waals surface area contributed by atoms with Crippen LogP contribution in [0.2, 0.25) is 0 Å². The molecule has 0 aliphatic heterocycles. The summed E-state index contributed by atoms with van der Waals surface area (Å²) < 4.78 is 94.8. The molecule has 2 saturated carbocycles. The van der Waals surface area contributed by atoms with E-state index in [2.05, 4.69) is 0 Å². The minimum atomic E-state index is -5.91. The van der Waals surface area contributed by atoms with Crippen molar-refractivity contribution in [3.05, 3.63) is 52.6 Å². The topological polar surface area (TPSA) is 71.4 Å². The van der Waals surface area contributed by atoms with Crippen molar-refractivity contribution in [2.24, 2.45) is 17.3 Å². The Kier molecular flexibility index (Phi) is 5.89. The molecule has 4 aliphatic carbocycles. The van der Waals surface area contributed by atoms with E-state index in [0.29, 0.717) is 31.2 Å². The first-order valence-electron chi connectivity index (χ1n) is 12.4. The van der Waals surface area contributed by atoms with Crippen LogP contribution in [-0.2, 0) is 14.6 Å². The molecule has 0 bridgehead atoms. The van der Waals surface area contributed by atoms with Crippen molar-refractivity contribution in [3.8, 4) is 0 Å². The van der Waals surface area contributed by atoms with Crippen LogP contribution in [0.15, 0.2) is 52.0 Å². The van der Waals surface area contributed by atoms with Gasteiger partial charge in [0, 0.05) is 24.0 Å². The van der Waals surface area contributed by atoms with Crippen molar-refractivity contribution in [1.82, 2.24) is 0 Å². The van der Waals surface area contributed by atoms with E-state index in [4.69, 9.17) is 0 Å². The zero-order valence-electron chi connectivity index (χ0n) is 20.5. The number of allylic oxidation sites excluding steroid dienone is 4. The van der Waals surface area contributed by atoms with Crippen LogP contribution >= 0.6 is 0 Å². The van der Waals surface area contributed by atoms with Crippen LogP contribution in [0.5, 0.6) is 0 Å². The smallest absolute Gasteiger partial charge is 0.383 e. The summed E-state index contributed by atoms with van der Waals surface area (Å²) >= 11 is 0. The molecule has 0 radical (unpaired) electrons. The quantitative estimate of drug-likeness (QED) is 0.480. The lowest BCUT2D eigenvalue weighted by Crippen LogP contribution is -2.65. The molecule has 37 heavy (non-hydrogen) atoms. The van der Waals surface area contributed by atoms with Gasteiger partial charge in [-0.15, -0.1) is 0 Å². The third-order valence-electron chi connectivity index (χ3n) is 9.47. The number of halogens is 5. The third kappa shape index (κ3) is 3.76. The molecule has 10 heteroatoms. The van der Waals surface area contributed by atoms with E-state index in [1.165, 1.54) is 19.1 Å². The van der Waals surface area contributed by atoms with Gasteiger partial charge in [-0.25, -0.2) is 8.42 Å². The van der Waals surface area contributed by atoms with Crippen LogP contribution in [0, 0.1) is 17.3 Å². The molecule has 5 rings (SSSR count). The summed E-state index contributed by atoms with van der Waals surface area (Å²) in [6.45, 7) is 1.36. The van der Waals surface area contributed by atoms with Gasteiger partial charge in [0.1, 0.15) is 5.60 Å². The predicted octanol–water partition coefficient (Wildman–Crippen LogP) is 5.92. The number of ketones is 1. The van der Waals surface area contributed by atoms with Gasteiger partial charge in [-0.2, -0.15) is 22.0 Å². The first-order valence-corrected chi connectivity index (χ1v) is 14.3. The first-order chi connectivity index (χ1) is 17.0. The van der Waals surface area contributed by atoms with Gasteiger partial charge in [0.15, 0.2) is 15.6 Å². The molecule has 0 saturated heterocycles. The SMILES string of the molecule is C[C@]12C[C@H](c3ccc(S(C)(=O)=O)cc3)C3=C4CCC(=O)C=C4CC[C@H]3[C@@H]1CC[C@]2(O)C(F)(F)C(F)(F)F. The predicted molar refractivity (Wildman–Crippen MR) is 126 cm³/mol. The normalized spacial score (nSPS) is 34.5. The average Bonchev–Trinajstić information content (AvgIpc) is 3.09. The molecule has 4 nitrogen and oxygen atoms in total. The molecule has 4 aliphatic rings. The van der Waals surface area contributed by atoms with Crippen LogP contribution in [0.4, 0.5) is 22.0 Å². The number of hydrogen-bond donors (Lipinski definition) is 1. The lowest BCUT2D eigenvalue weighted by Gasteiger charge is -2.56. The van der Waals surface area contributed by atoms with Gasteiger partial charge in [-0.1, -0.05) is 24.6 Å². The lowest BCUT2D eigenvalue weighted by atomic mass is 9.50. The molecule has 1 N–H and O–H groups in total. The van der Waals surface area contributed by atoms with Gasteiger partial charge in [-0.05, 0) is 85.3 Å². The minimum Gasteiger partial charge on any atom is -0.383 e. The van der Waals surface area contributed by atoms with E-state index in [0.717, 1.165) is 23.0 Å². The molecule has 2 fully saturated rings. The van der Waals surface area contributed by atoms with Gasteiger partial charge >= 0.3 is 12.1 Å². The number of carbonyl (C=O) groups is 1. The fraction of sp³-hybridized carbons (Fsp3) is 0.593. The summed E-state index contributed by atoms with van der Waals surface area (Å²) in [6, 6.07) is 5.98. The van der Waals surface area contributed by atoms with Gasteiger partial charge in [0.2, 0.25) is 0 Å². The van der Waals surface area contributed by atoms with Crippen LogP contribution in [-0.4, -0.2) is 43.3 Å². The molecule has 0 unspecified atom stereocenters. The van der Waals surface area contributed by atoms with E-state index >= 15 is 0 Å². The van der Waals surface area contributed by atoms with Gasteiger partial charge in [0.05, 0.1) is 4.90 Å². The van der Waals surface area contributed by atoms with Crippen molar-refractivity contribution in [3.63, 3.8) is 0 Å². The number of fused-ring (bicyclic) bond motifs is 4. The molecule has 0 heterocycles. The Bertz CT molecular complexity index is 1310. The van der Waals surface area contributed by atoms with Crippen LogP contribution in [0.3, 0.4) is 0 Å². The first kappa shape index (κ1) is 26.5.